The third kappa shape index (κ3) is 3.27. The molecule has 0 spiro atoms. The van der Waals surface area contributed by atoms with Gasteiger partial charge in [-0.15, -0.1) is 5.10 Å². The van der Waals surface area contributed by atoms with Gasteiger partial charge in [-0.25, -0.2) is 4.98 Å². The highest BCUT2D eigenvalue weighted by Crippen LogP contribution is 2.31. The maximum Gasteiger partial charge on any atom is 0.254 e. The summed E-state index contributed by atoms with van der Waals surface area (Å²) in [6.45, 7) is 4.08. The van der Waals surface area contributed by atoms with Crippen molar-refractivity contribution in [3.05, 3.63) is 64.8 Å². The Balaban J connectivity index is 1.85. The first-order chi connectivity index (χ1) is 13.6. The van der Waals surface area contributed by atoms with E-state index < -0.39 is 0 Å². The van der Waals surface area contributed by atoms with Gasteiger partial charge >= 0.3 is 0 Å². The van der Waals surface area contributed by atoms with Gasteiger partial charge in [-0.2, -0.15) is 9.50 Å². The molecule has 4 rings (SSSR count). The second kappa shape index (κ2) is 7.48. The lowest BCUT2D eigenvalue weighted by molar-refractivity contribution is 0.415. The second-order valence-corrected chi connectivity index (χ2v) is 6.77. The number of benzene rings is 2. The van der Waals surface area contributed by atoms with Crippen LogP contribution in [0.3, 0.4) is 0 Å². The van der Waals surface area contributed by atoms with Crippen LogP contribution in [-0.2, 0) is 6.42 Å². The average Bonchev–Trinajstić information content (AvgIpc) is 3.13. The van der Waals surface area contributed by atoms with Crippen molar-refractivity contribution < 1.29 is 4.74 Å². The van der Waals surface area contributed by atoms with Gasteiger partial charge in [0.05, 0.1) is 12.1 Å². The monoisotopic (exact) mass is 393 g/mol. The normalized spacial score (nSPS) is 11.0. The Morgan fingerprint density at radius 3 is 2.57 bits per heavy atom. The molecule has 142 valence electrons. The molecule has 4 aromatic rings. The van der Waals surface area contributed by atoms with Gasteiger partial charge in [0.2, 0.25) is 0 Å². The molecule has 0 unspecified atom stereocenters. The largest absolute Gasteiger partial charge is 0.495 e. The van der Waals surface area contributed by atoms with E-state index in [0.717, 1.165) is 34.7 Å². The van der Waals surface area contributed by atoms with Gasteiger partial charge in [0.25, 0.3) is 5.78 Å². The van der Waals surface area contributed by atoms with E-state index >= 15 is 0 Å². The van der Waals surface area contributed by atoms with Gasteiger partial charge in [-0.1, -0.05) is 48.9 Å². The third-order valence-corrected chi connectivity index (χ3v) is 4.89. The molecule has 0 aliphatic carbocycles. The fourth-order valence-electron chi connectivity index (χ4n) is 3.18. The molecule has 6 nitrogen and oxygen atoms in total. The van der Waals surface area contributed by atoms with Gasteiger partial charge < -0.3 is 10.1 Å². The smallest absolute Gasteiger partial charge is 0.254 e. The van der Waals surface area contributed by atoms with Gasteiger partial charge in [-0.05, 0) is 31.5 Å². The maximum absolute atomic E-state index is 6.29. The van der Waals surface area contributed by atoms with Crippen LogP contribution in [0.2, 0.25) is 5.02 Å². The summed E-state index contributed by atoms with van der Waals surface area (Å²) < 4.78 is 7.00. The zero-order valence-electron chi connectivity index (χ0n) is 15.9. The number of aryl methyl sites for hydroxylation is 1. The van der Waals surface area contributed by atoms with E-state index in [4.69, 9.17) is 21.4 Å². The number of anilines is 2. The van der Waals surface area contributed by atoms with Gasteiger partial charge in [0.15, 0.2) is 5.82 Å². The Kier molecular flexibility index (Phi) is 4.88. The zero-order chi connectivity index (χ0) is 19.7. The third-order valence-electron chi connectivity index (χ3n) is 4.59. The molecular weight excluding hydrogens is 374 g/mol. The van der Waals surface area contributed by atoms with Gasteiger partial charge in [0, 0.05) is 22.5 Å². The van der Waals surface area contributed by atoms with Crippen molar-refractivity contribution >= 4 is 28.9 Å². The predicted octanol–water partition coefficient (Wildman–Crippen LogP) is 5.07. The van der Waals surface area contributed by atoms with E-state index in [1.807, 2.05) is 55.5 Å². The molecule has 2 heterocycles. The van der Waals surface area contributed by atoms with Crippen LogP contribution in [0.1, 0.15) is 18.2 Å². The highest BCUT2D eigenvalue weighted by Gasteiger charge is 2.17. The quantitative estimate of drug-likeness (QED) is 0.513. The number of methoxy groups -OCH3 is 1. The molecule has 28 heavy (non-hydrogen) atoms. The number of hydrogen-bond donors (Lipinski definition) is 1. The summed E-state index contributed by atoms with van der Waals surface area (Å²) in [5.41, 5.74) is 3.78. The van der Waals surface area contributed by atoms with Crippen molar-refractivity contribution in [2.24, 2.45) is 0 Å². The van der Waals surface area contributed by atoms with Crippen LogP contribution in [0.25, 0.3) is 17.2 Å². The molecule has 7 heteroatoms. The highest BCUT2D eigenvalue weighted by molar-refractivity contribution is 6.32. The first-order valence-corrected chi connectivity index (χ1v) is 9.40. The molecule has 0 aliphatic rings. The Hall–Kier alpha value is -3.12. The Bertz CT molecular complexity index is 1140. The standard InChI is InChI=1S/C21H20ClN5O/c1-4-16-13(2)23-21-25-19(14-8-6-5-7-9-14)26-27(21)20(16)24-15-10-11-18(28-3)17(22)12-15/h5-12,24H,4H2,1-3H3. The molecule has 0 atom stereocenters. The van der Waals surface area contributed by atoms with Crippen LogP contribution in [0.5, 0.6) is 5.75 Å². The number of nitrogens with one attached hydrogen (secondary N) is 1. The number of ether oxygens (including phenoxy) is 1. The summed E-state index contributed by atoms with van der Waals surface area (Å²) in [5.74, 6) is 2.65. The lowest BCUT2D eigenvalue weighted by Gasteiger charge is -2.15. The van der Waals surface area contributed by atoms with Crippen LogP contribution < -0.4 is 10.1 Å². The van der Waals surface area contributed by atoms with Crippen LogP contribution in [0, 0.1) is 6.92 Å². The lowest BCUT2D eigenvalue weighted by atomic mass is 10.1. The number of rotatable bonds is 5. The minimum atomic E-state index is 0.538. The Morgan fingerprint density at radius 1 is 1.11 bits per heavy atom. The summed E-state index contributed by atoms with van der Waals surface area (Å²) >= 11 is 6.29. The van der Waals surface area contributed by atoms with Crippen molar-refractivity contribution in [2.75, 3.05) is 12.4 Å². The van der Waals surface area contributed by atoms with E-state index in [-0.39, 0.29) is 0 Å². The van der Waals surface area contributed by atoms with Gasteiger partial charge in [-0.3, -0.25) is 0 Å². The van der Waals surface area contributed by atoms with Crippen molar-refractivity contribution in [3.63, 3.8) is 0 Å². The molecule has 0 saturated carbocycles. The summed E-state index contributed by atoms with van der Waals surface area (Å²) in [4.78, 5) is 9.26. The topological polar surface area (TPSA) is 64.3 Å². The second-order valence-electron chi connectivity index (χ2n) is 6.37. The minimum absolute atomic E-state index is 0.538. The molecule has 0 bridgehead atoms. The van der Waals surface area contributed by atoms with Crippen molar-refractivity contribution in [2.45, 2.75) is 20.3 Å². The SMILES string of the molecule is CCc1c(C)nc2nc(-c3ccccc3)nn2c1Nc1ccc(OC)c(Cl)c1. The van der Waals surface area contributed by atoms with Crippen LogP contribution in [0.15, 0.2) is 48.5 Å². The Labute approximate surface area is 168 Å². The first kappa shape index (κ1) is 18.3. The van der Waals surface area contributed by atoms with Crippen LogP contribution >= 0.6 is 11.6 Å². The zero-order valence-corrected chi connectivity index (χ0v) is 16.7. The molecule has 1 N–H and O–H groups in total. The maximum atomic E-state index is 6.29. The number of aromatic nitrogens is 4. The Morgan fingerprint density at radius 2 is 1.89 bits per heavy atom. The summed E-state index contributed by atoms with van der Waals surface area (Å²) in [7, 11) is 1.60. The number of halogens is 1. The van der Waals surface area contributed by atoms with Gasteiger partial charge in [0.1, 0.15) is 11.6 Å². The van der Waals surface area contributed by atoms with Crippen LogP contribution in [-0.4, -0.2) is 26.7 Å². The summed E-state index contributed by atoms with van der Waals surface area (Å²) in [6.07, 6.45) is 0.807. The van der Waals surface area contributed by atoms with Crippen molar-refractivity contribution in [3.8, 4) is 17.1 Å². The molecule has 2 aromatic heterocycles. The number of hydrogen-bond acceptors (Lipinski definition) is 5. The number of nitrogens with zero attached hydrogens (tertiary/aromatic N) is 4. The number of fused-ring (bicyclic) bond motifs is 1. The highest BCUT2D eigenvalue weighted by atomic mass is 35.5. The van der Waals surface area contributed by atoms with E-state index in [0.29, 0.717) is 22.4 Å². The lowest BCUT2D eigenvalue weighted by Crippen LogP contribution is -2.08. The molecule has 0 amide bonds. The van der Waals surface area contributed by atoms with Crippen molar-refractivity contribution in [1.29, 1.82) is 0 Å². The molecule has 0 fully saturated rings. The fourth-order valence-corrected chi connectivity index (χ4v) is 3.44. The molecule has 0 saturated heterocycles. The molecule has 0 aliphatic heterocycles. The molecular formula is C21H20ClN5O. The van der Waals surface area contributed by atoms with E-state index in [2.05, 4.69) is 22.2 Å². The minimum Gasteiger partial charge on any atom is -0.495 e. The fraction of sp³-hybridized carbons (Fsp3) is 0.190. The van der Waals surface area contributed by atoms with Crippen molar-refractivity contribution in [1.82, 2.24) is 19.6 Å². The summed E-state index contributed by atoms with van der Waals surface area (Å²) in [5, 5.41) is 8.69. The molecule has 2 aromatic carbocycles. The average molecular weight is 394 g/mol. The van der Waals surface area contributed by atoms with E-state index in [1.165, 1.54) is 0 Å². The molecule has 0 radical (unpaired) electrons. The van der Waals surface area contributed by atoms with E-state index in [1.54, 1.807) is 11.6 Å². The van der Waals surface area contributed by atoms with Crippen LogP contribution in [0.4, 0.5) is 11.5 Å². The summed E-state index contributed by atoms with van der Waals surface area (Å²) in [6, 6.07) is 15.5. The van der Waals surface area contributed by atoms with E-state index in [9.17, 15) is 0 Å². The first-order valence-electron chi connectivity index (χ1n) is 9.03. The predicted molar refractivity (Wildman–Crippen MR) is 112 cm³/mol.